The van der Waals surface area contributed by atoms with Crippen LogP contribution in [0.2, 0.25) is 10.0 Å². The van der Waals surface area contributed by atoms with Gasteiger partial charge in [0.05, 0.1) is 22.5 Å². The van der Waals surface area contributed by atoms with Gasteiger partial charge in [0.1, 0.15) is 0 Å². The summed E-state index contributed by atoms with van der Waals surface area (Å²) in [4.78, 5) is 0. The molecule has 1 heterocycles. The summed E-state index contributed by atoms with van der Waals surface area (Å²) in [7, 11) is 1.83. The Morgan fingerprint density at radius 2 is 2.10 bits per heavy atom. The van der Waals surface area contributed by atoms with Crippen LogP contribution in [0.3, 0.4) is 0 Å². The van der Waals surface area contributed by atoms with Gasteiger partial charge < -0.3 is 5.11 Å². The van der Waals surface area contributed by atoms with E-state index >= 15 is 0 Å². The number of rotatable bonds is 4. The van der Waals surface area contributed by atoms with E-state index in [4.69, 9.17) is 23.2 Å². The van der Waals surface area contributed by atoms with E-state index < -0.39 is 6.10 Å². The van der Waals surface area contributed by atoms with Crippen LogP contribution < -0.4 is 0 Å². The third-order valence-corrected chi connectivity index (χ3v) is 4.60. The molecule has 0 amide bonds. The van der Waals surface area contributed by atoms with E-state index in [0.29, 0.717) is 16.5 Å². The lowest BCUT2D eigenvalue weighted by atomic mass is 10.0. The highest BCUT2D eigenvalue weighted by atomic mass is 79.9. The zero-order chi connectivity index (χ0) is 14.9. The van der Waals surface area contributed by atoms with Crippen LogP contribution in [0.1, 0.15) is 30.0 Å². The van der Waals surface area contributed by atoms with Gasteiger partial charge in [-0.1, -0.05) is 46.1 Å². The second-order valence-electron chi connectivity index (χ2n) is 4.57. The smallest absolute Gasteiger partial charge is 0.0857 e. The summed E-state index contributed by atoms with van der Waals surface area (Å²) < 4.78 is 2.55. The quantitative estimate of drug-likeness (QED) is 0.861. The van der Waals surface area contributed by atoms with Gasteiger partial charge in [0.15, 0.2) is 0 Å². The monoisotopic (exact) mass is 376 g/mol. The number of hydrogen-bond donors (Lipinski definition) is 1. The van der Waals surface area contributed by atoms with E-state index in [0.717, 1.165) is 27.8 Å². The Morgan fingerprint density at radius 3 is 2.70 bits per heavy atom. The highest BCUT2D eigenvalue weighted by Crippen LogP contribution is 2.31. The second kappa shape index (κ2) is 6.48. The number of aliphatic hydroxyl groups excluding tert-OH is 1. The first-order chi connectivity index (χ1) is 9.43. The molecule has 6 heteroatoms. The van der Waals surface area contributed by atoms with Crippen LogP contribution >= 0.6 is 39.1 Å². The van der Waals surface area contributed by atoms with Gasteiger partial charge in [-0.3, -0.25) is 4.68 Å². The summed E-state index contributed by atoms with van der Waals surface area (Å²) in [6.45, 7) is 2.00. The largest absolute Gasteiger partial charge is 0.388 e. The van der Waals surface area contributed by atoms with Crippen molar-refractivity contribution in [2.24, 2.45) is 7.05 Å². The normalized spacial score (nSPS) is 12.7. The first-order valence-corrected chi connectivity index (χ1v) is 7.82. The van der Waals surface area contributed by atoms with E-state index in [1.807, 2.05) is 20.0 Å². The van der Waals surface area contributed by atoms with Crippen molar-refractivity contribution in [2.75, 3.05) is 0 Å². The number of aliphatic hydroxyl groups is 1. The van der Waals surface area contributed by atoms with Gasteiger partial charge in [-0.2, -0.15) is 5.10 Å². The molecule has 0 aliphatic heterocycles. The molecule has 108 valence electrons. The summed E-state index contributed by atoms with van der Waals surface area (Å²) in [5.41, 5.74) is 2.41. The third kappa shape index (κ3) is 3.19. The molecular weight excluding hydrogens is 363 g/mol. The van der Waals surface area contributed by atoms with Crippen molar-refractivity contribution in [3.63, 3.8) is 0 Å². The minimum atomic E-state index is -0.694. The highest BCUT2D eigenvalue weighted by Gasteiger charge is 2.19. The van der Waals surface area contributed by atoms with Gasteiger partial charge >= 0.3 is 0 Å². The Bertz CT molecular complexity index is 628. The lowest BCUT2D eigenvalue weighted by molar-refractivity contribution is 0.175. The Kier molecular flexibility index (Phi) is 5.13. The first-order valence-electron chi connectivity index (χ1n) is 6.27. The summed E-state index contributed by atoms with van der Waals surface area (Å²) in [5, 5.41) is 16.0. The molecule has 1 atom stereocenters. The number of nitrogens with zero attached hydrogens (tertiary/aromatic N) is 2. The van der Waals surface area contributed by atoms with Crippen molar-refractivity contribution >= 4 is 39.1 Å². The number of aromatic nitrogens is 2. The van der Waals surface area contributed by atoms with Gasteiger partial charge in [-0.25, -0.2) is 0 Å². The minimum Gasteiger partial charge on any atom is -0.388 e. The predicted molar refractivity (Wildman–Crippen MR) is 85.4 cm³/mol. The van der Waals surface area contributed by atoms with Crippen LogP contribution in [0.4, 0.5) is 0 Å². The van der Waals surface area contributed by atoms with E-state index in [1.165, 1.54) is 0 Å². The molecule has 1 aromatic heterocycles. The molecule has 3 nitrogen and oxygen atoms in total. The number of aryl methyl sites for hydroxylation is 2. The summed E-state index contributed by atoms with van der Waals surface area (Å²) in [6.07, 6.45) is 0.464. The van der Waals surface area contributed by atoms with Crippen molar-refractivity contribution in [2.45, 2.75) is 25.9 Å². The fourth-order valence-electron chi connectivity index (χ4n) is 2.10. The van der Waals surface area contributed by atoms with E-state index in [1.54, 1.807) is 16.8 Å². The maximum Gasteiger partial charge on any atom is 0.0857 e. The van der Waals surface area contributed by atoms with E-state index in [2.05, 4.69) is 21.0 Å². The molecule has 2 rings (SSSR count). The molecule has 0 bridgehead atoms. The Hall–Kier alpha value is -0.550. The molecule has 1 aromatic carbocycles. The van der Waals surface area contributed by atoms with Crippen molar-refractivity contribution in [1.29, 1.82) is 0 Å². The van der Waals surface area contributed by atoms with Crippen LogP contribution in [0, 0.1) is 0 Å². The molecule has 0 aliphatic carbocycles. The zero-order valence-corrected chi connectivity index (χ0v) is 14.3. The molecule has 0 radical (unpaired) electrons. The molecule has 2 aromatic rings. The average molecular weight is 378 g/mol. The molecule has 0 saturated carbocycles. The predicted octanol–water partition coefficient (Wildman–Crippen LogP) is 4.33. The van der Waals surface area contributed by atoms with Gasteiger partial charge in [-0.05, 0) is 30.2 Å². The van der Waals surface area contributed by atoms with Gasteiger partial charge in [0, 0.05) is 23.0 Å². The molecular formula is C14H15BrCl2N2O. The maximum absolute atomic E-state index is 10.4. The molecule has 0 spiro atoms. The minimum absolute atomic E-state index is 0.390. The van der Waals surface area contributed by atoms with Crippen LogP contribution in [0.25, 0.3) is 0 Å². The third-order valence-electron chi connectivity index (χ3n) is 3.21. The van der Waals surface area contributed by atoms with Crippen molar-refractivity contribution < 1.29 is 5.11 Å². The van der Waals surface area contributed by atoms with Crippen LogP contribution in [0.15, 0.2) is 22.7 Å². The number of benzene rings is 1. The number of halogens is 3. The Morgan fingerprint density at radius 1 is 1.40 bits per heavy atom. The van der Waals surface area contributed by atoms with Gasteiger partial charge in [-0.15, -0.1) is 0 Å². The maximum atomic E-state index is 10.4. The molecule has 1 N–H and O–H groups in total. The number of hydrogen-bond acceptors (Lipinski definition) is 2. The first kappa shape index (κ1) is 15.8. The second-order valence-corrected chi connectivity index (χ2v) is 6.24. The fraction of sp³-hybridized carbons (Fsp3) is 0.357. The van der Waals surface area contributed by atoms with E-state index in [9.17, 15) is 5.11 Å². The highest BCUT2D eigenvalue weighted by molar-refractivity contribution is 9.10. The Labute approximate surface area is 136 Å². The average Bonchev–Trinajstić information content (AvgIpc) is 2.68. The molecule has 0 aliphatic rings. The molecule has 20 heavy (non-hydrogen) atoms. The van der Waals surface area contributed by atoms with Crippen LogP contribution in [0.5, 0.6) is 0 Å². The Balaban J connectivity index is 2.30. The fourth-order valence-corrected chi connectivity index (χ4v) is 3.17. The van der Waals surface area contributed by atoms with E-state index in [-0.39, 0.29) is 0 Å². The van der Waals surface area contributed by atoms with Crippen molar-refractivity contribution in [3.8, 4) is 0 Å². The standard InChI is InChI=1S/C14H15BrCl2N2O/c1-3-11-14(17)12(19(2)18-11)7-13(20)9-6-8(16)4-5-10(9)15/h4-6,13,20H,3,7H2,1-2H3. The van der Waals surface area contributed by atoms with Crippen LogP contribution in [-0.2, 0) is 19.9 Å². The molecule has 1 unspecified atom stereocenters. The molecule has 0 fully saturated rings. The lowest BCUT2D eigenvalue weighted by Gasteiger charge is -2.14. The summed E-state index contributed by atoms with van der Waals surface area (Å²) >= 11 is 15.7. The summed E-state index contributed by atoms with van der Waals surface area (Å²) in [5.74, 6) is 0. The van der Waals surface area contributed by atoms with Crippen molar-refractivity contribution in [3.05, 3.63) is 49.7 Å². The van der Waals surface area contributed by atoms with Crippen LogP contribution in [-0.4, -0.2) is 14.9 Å². The van der Waals surface area contributed by atoms with Crippen molar-refractivity contribution in [1.82, 2.24) is 9.78 Å². The van der Waals surface area contributed by atoms with Gasteiger partial charge in [0.2, 0.25) is 0 Å². The molecule has 0 saturated heterocycles. The topological polar surface area (TPSA) is 38.0 Å². The SMILES string of the molecule is CCc1nn(C)c(CC(O)c2cc(Cl)ccc2Br)c1Cl. The lowest BCUT2D eigenvalue weighted by Crippen LogP contribution is -2.07. The zero-order valence-electron chi connectivity index (χ0n) is 11.2. The summed E-state index contributed by atoms with van der Waals surface area (Å²) in [6, 6.07) is 5.35. The van der Waals surface area contributed by atoms with Gasteiger partial charge in [0.25, 0.3) is 0 Å².